The maximum absolute atomic E-state index is 12.0. The minimum Gasteiger partial charge on any atom is -0.380 e. The number of carbonyl (C=O) groups excluding carboxylic acids is 1. The van der Waals surface area contributed by atoms with E-state index >= 15 is 0 Å². The first kappa shape index (κ1) is 13.8. The van der Waals surface area contributed by atoms with E-state index in [1.165, 1.54) is 0 Å². The number of rotatable bonds is 3. The van der Waals surface area contributed by atoms with Gasteiger partial charge in [-0.3, -0.25) is 4.79 Å². The summed E-state index contributed by atoms with van der Waals surface area (Å²) in [4.78, 5) is 12.0. The predicted octanol–water partition coefficient (Wildman–Crippen LogP) is 2.42. The van der Waals surface area contributed by atoms with Crippen molar-refractivity contribution in [3.8, 4) is 0 Å². The van der Waals surface area contributed by atoms with Crippen molar-refractivity contribution in [1.82, 2.24) is 5.32 Å². The van der Waals surface area contributed by atoms with E-state index in [-0.39, 0.29) is 18.1 Å². The van der Waals surface area contributed by atoms with Gasteiger partial charge in [0, 0.05) is 23.8 Å². The first-order valence-corrected chi connectivity index (χ1v) is 6.79. The molecule has 1 aliphatic heterocycles. The lowest BCUT2D eigenvalue weighted by atomic mass is 10.2. The van der Waals surface area contributed by atoms with Gasteiger partial charge in [0.25, 0.3) is 0 Å². The van der Waals surface area contributed by atoms with Gasteiger partial charge in [0.05, 0.1) is 17.2 Å². The molecule has 2 unspecified atom stereocenters. The van der Waals surface area contributed by atoms with E-state index in [4.69, 9.17) is 16.3 Å². The molecular formula is C12H14BrClN2O2. The third-order valence-corrected chi connectivity index (χ3v) is 4.14. The van der Waals surface area contributed by atoms with E-state index in [0.29, 0.717) is 18.0 Å². The lowest BCUT2D eigenvalue weighted by molar-refractivity contribution is -0.118. The van der Waals surface area contributed by atoms with Gasteiger partial charge in [0.2, 0.25) is 5.91 Å². The third-order valence-electron chi connectivity index (χ3n) is 2.93. The molecule has 1 amide bonds. The summed E-state index contributed by atoms with van der Waals surface area (Å²) in [6.07, 6.45) is 0.801. The Morgan fingerprint density at radius 1 is 1.61 bits per heavy atom. The van der Waals surface area contributed by atoms with Crippen molar-refractivity contribution in [1.29, 1.82) is 0 Å². The topological polar surface area (TPSA) is 50.4 Å². The van der Waals surface area contributed by atoms with E-state index in [9.17, 15) is 4.79 Å². The molecule has 1 fully saturated rings. The number of methoxy groups -OCH3 is 1. The number of nitrogens with one attached hydrogen (secondary N) is 2. The lowest BCUT2D eigenvalue weighted by Gasteiger charge is -2.11. The molecule has 1 heterocycles. The molecule has 0 radical (unpaired) electrons. The van der Waals surface area contributed by atoms with Crippen LogP contribution >= 0.6 is 27.5 Å². The van der Waals surface area contributed by atoms with Gasteiger partial charge in [-0.2, -0.15) is 0 Å². The highest BCUT2D eigenvalue weighted by Crippen LogP contribution is 2.25. The van der Waals surface area contributed by atoms with Crippen LogP contribution in [0.5, 0.6) is 0 Å². The number of carbonyl (C=O) groups is 1. The smallest absolute Gasteiger partial charge is 0.241 e. The first-order valence-electron chi connectivity index (χ1n) is 5.62. The molecule has 0 bridgehead atoms. The second kappa shape index (κ2) is 6.02. The number of ether oxygens (including phenoxy) is 1. The summed E-state index contributed by atoms with van der Waals surface area (Å²) in [5.74, 6) is -0.0521. The van der Waals surface area contributed by atoms with Crippen molar-refractivity contribution < 1.29 is 9.53 Å². The fourth-order valence-electron chi connectivity index (χ4n) is 1.89. The van der Waals surface area contributed by atoms with Crippen LogP contribution in [-0.2, 0) is 9.53 Å². The Morgan fingerprint density at radius 2 is 2.39 bits per heavy atom. The highest BCUT2D eigenvalue weighted by atomic mass is 79.9. The molecule has 0 saturated carbocycles. The normalized spacial score (nSPS) is 23.1. The molecule has 1 aliphatic rings. The van der Waals surface area contributed by atoms with Gasteiger partial charge in [-0.05, 0) is 40.5 Å². The molecular weight excluding hydrogens is 320 g/mol. The molecule has 1 aromatic rings. The van der Waals surface area contributed by atoms with Crippen LogP contribution in [0.2, 0.25) is 5.02 Å². The van der Waals surface area contributed by atoms with E-state index in [0.717, 1.165) is 10.2 Å². The average Bonchev–Trinajstić information content (AvgIpc) is 2.82. The molecule has 18 heavy (non-hydrogen) atoms. The Bertz CT molecular complexity index is 456. The summed E-state index contributed by atoms with van der Waals surface area (Å²) < 4.78 is 5.97. The molecule has 0 aromatic heterocycles. The second-order valence-corrected chi connectivity index (χ2v) is 5.43. The maximum atomic E-state index is 12.0. The molecule has 4 nitrogen and oxygen atoms in total. The van der Waals surface area contributed by atoms with E-state index < -0.39 is 0 Å². The number of anilines is 1. The molecule has 1 aromatic carbocycles. The summed E-state index contributed by atoms with van der Waals surface area (Å²) in [7, 11) is 1.66. The molecule has 1 saturated heterocycles. The standard InChI is InChI=1S/C12H14BrClN2O2/c1-18-8-5-11(15-6-8)12(17)16-7-2-3-10(14)9(13)4-7/h2-4,8,11,15H,5-6H2,1H3,(H,16,17). The number of amides is 1. The fraction of sp³-hybridized carbons (Fsp3) is 0.417. The molecule has 2 N–H and O–H groups in total. The van der Waals surface area contributed by atoms with Crippen LogP contribution in [0.15, 0.2) is 22.7 Å². The summed E-state index contributed by atoms with van der Waals surface area (Å²) in [6, 6.07) is 5.09. The predicted molar refractivity (Wildman–Crippen MR) is 75.0 cm³/mol. The Labute approximate surface area is 119 Å². The van der Waals surface area contributed by atoms with Crippen molar-refractivity contribution in [2.24, 2.45) is 0 Å². The van der Waals surface area contributed by atoms with Crippen molar-refractivity contribution in [3.05, 3.63) is 27.7 Å². The highest BCUT2D eigenvalue weighted by Gasteiger charge is 2.29. The van der Waals surface area contributed by atoms with Gasteiger partial charge in [-0.25, -0.2) is 0 Å². The number of hydrogen-bond acceptors (Lipinski definition) is 3. The molecule has 2 rings (SSSR count). The van der Waals surface area contributed by atoms with Crippen LogP contribution in [0, 0.1) is 0 Å². The van der Waals surface area contributed by atoms with Gasteiger partial charge in [0.15, 0.2) is 0 Å². The lowest BCUT2D eigenvalue weighted by Crippen LogP contribution is -2.35. The Hall–Kier alpha value is -0.620. The zero-order valence-corrected chi connectivity index (χ0v) is 12.2. The van der Waals surface area contributed by atoms with Crippen LogP contribution in [0.4, 0.5) is 5.69 Å². The molecule has 6 heteroatoms. The Balaban J connectivity index is 1.97. The van der Waals surface area contributed by atoms with Gasteiger partial charge in [-0.1, -0.05) is 11.6 Å². The number of hydrogen-bond donors (Lipinski definition) is 2. The van der Waals surface area contributed by atoms with Crippen LogP contribution in [0.25, 0.3) is 0 Å². The zero-order valence-electron chi connectivity index (χ0n) is 9.87. The molecule has 0 spiro atoms. The average molecular weight is 334 g/mol. The second-order valence-electron chi connectivity index (χ2n) is 4.17. The number of benzene rings is 1. The van der Waals surface area contributed by atoms with Crippen molar-refractivity contribution in [2.75, 3.05) is 19.0 Å². The maximum Gasteiger partial charge on any atom is 0.241 e. The first-order chi connectivity index (χ1) is 8.60. The summed E-state index contributed by atoms with van der Waals surface area (Å²) in [5, 5.41) is 6.60. The quantitative estimate of drug-likeness (QED) is 0.893. The van der Waals surface area contributed by atoms with Gasteiger partial charge in [0.1, 0.15) is 0 Å². The van der Waals surface area contributed by atoms with Crippen LogP contribution < -0.4 is 10.6 Å². The largest absolute Gasteiger partial charge is 0.380 e. The fourth-order valence-corrected chi connectivity index (χ4v) is 2.38. The van der Waals surface area contributed by atoms with Crippen molar-refractivity contribution in [2.45, 2.75) is 18.6 Å². The van der Waals surface area contributed by atoms with E-state index in [1.807, 2.05) is 0 Å². The van der Waals surface area contributed by atoms with Crippen LogP contribution in [-0.4, -0.2) is 31.7 Å². The third kappa shape index (κ3) is 3.23. The molecule has 98 valence electrons. The Morgan fingerprint density at radius 3 is 3.00 bits per heavy atom. The van der Waals surface area contributed by atoms with Crippen LogP contribution in [0.3, 0.4) is 0 Å². The minimum absolute atomic E-state index is 0.0521. The minimum atomic E-state index is -0.204. The van der Waals surface area contributed by atoms with E-state index in [2.05, 4.69) is 26.6 Å². The number of halogens is 2. The van der Waals surface area contributed by atoms with Gasteiger partial charge in [-0.15, -0.1) is 0 Å². The zero-order chi connectivity index (χ0) is 13.1. The van der Waals surface area contributed by atoms with Gasteiger partial charge < -0.3 is 15.4 Å². The molecule has 0 aliphatic carbocycles. The summed E-state index contributed by atoms with van der Waals surface area (Å²) in [6.45, 7) is 0.707. The SMILES string of the molecule is COC1CNC(C(=O)Nc2ccc(Cl)c(Br)c2)C1. The van der Waals surface area contributed by atoms with Crippen molar-refractivity contribution >= 4 is 39.1 Å². The highest BCUT2D eigenvalue weighted by molar-refractivity contribution is 9.10. The van der Waals surface area contributed by atoms with Gasteiger partial charge >= 0.3 is 0 Å². The van der Waals surface area contributed by atoms with Crippen LogP contribution in [0.1, 0.15) is 6.42 Å². The van der Waals surface area contributed by atoms with E-state index in [1.54, 1.807) is 25.3 Å². The van der Waals surface area contributed by atoms with Crippen molar-refractivity contribution in [3.63, 3.8) is 0 Å². The molecule has 2 atom stereocenters. The Kier molecular flexibility index (Phi) is 4.61. The summed E-state index contributed by atoms with van der Waals surface area (Å²) in [5.41, 5.74) is 0.721. The monoisotopic (exact) mass is 332 g/mol. The summed E-state index contributed by atoms with van der Waals surface area (Å²) >= 11 is 9.22.